The molecule has 0 aromatic heterocycles. The summed E-state index contributed by atoms with van der Waals surface area (Å²) in [6, 6.07) is 7.07. The molecule has 1 aromatic rings. The van der Waals surface area contributed by atoms with Gasteiger partial charge in [-0.2, -0.15) is 0 Å². The average Bonchev–Trinajstić information content (AvgIpc) is 3.34. The Kier molecular flexibility index (Phi) is 7.03. The van der Waals surface area contributed by atoms with E-state index in [4.69, 9.17) is 5.11 Å². The fraction of sp³-hybridized carbons (Fsp3) is 0.667. The predicted molar refractivity (Wildman–Crippen MR) is 100 cm³/mol. The molecule has 2 aliphatic rings. The fourth-order valence-corrected chi connectivity index (χ4v) is 4.09. The van der Waals surface area contributed by atoms with Crippen LogP contribution in [0.3, 0.4) is 0 Å². The Hall–Kier alpha value is -1.46. The maximum atomic E-state index is 13.3. The highest BCUT2D eigenvalue weighted by Gasteiger charge is 2.32. The van der Waals surface area contributed by atoms with Crippen molar-refractivity contribution in [2.45, 2.75) is 63.5 Å². The molecule has 5 heteroatoms. The lowest BCUT2D eigenvalue weighted by Gasteiger charge is -2.27. The summed E-state index contributed by atoms with van der Waals surface area (Å²) in [6.45, 7) is 1.49. The van der Waals surface area contributed by atoms with Gasteiger partial charge in [0.05, 0.1) is 12.6 Å². The van der Waals surface area contributed by atoms with E-state index < -0.39 is 0 Å². The molecule has 2 fully saturated rings. The van der Waals surface area contributed by atoms with Crippen LogP contribution >= 0.6 is 0 Å². The van der Waals surface area contributed by atoms with Crippen molar-refractivity contribution >= 4 is 5.91 Å². The minimum absolute atomic E-state index is 0.0240. The number of unbranched alkanes of at least 4 members (excludes halogenated alkanes) is 1. The van der Waals surface area contributed by atoms with Gasteiger partial charge >= 0.3 is 0 Å². The second-order valence-corrected chi connectivity index (χ2v) is 7.77. The Morgan fingerprint density at radius 1 is 1.15 bits per heavy atom. The molecule has 0 saturated heterocycles. The van der Waals surface area contributed by atoms with E-state index in [1.165, 1.54) is 25.0 Å². The zero-order valence-corrected chi connectivity index (χ0v) is 15.5. The third-order valence-corrected chi connectivity index (χ3v) is 5.68. The van der Waals surface area contributed by atoms with Crippen LogP contribution in [0.25, 0.3) is 0 Å². The highest BCUT2D eigenvalue weighted by Crippen LogP contribution is 2.36. The third kappa shape index (κ3) is 5.52. The monoisotopic (exact) mass is 362 g/mol. The molecule has 144 valence electrons. The van der Waals surface area contributed by atoms with Gasteiger partial charge in [0.2, 0.25) is 5.91 Å². The van der Waals surface area contributed by atoms with Crippen LogP contribution in [0.2, 0.25) is 0 Å². The number of aliphatic hydroxyl groups excluding tert-OH is 1. The van der Waals surface area contributed by atoms with Crippen LogP contribution in [0, 0.1) is 11.7 Å². The summed E-state index contributed by atoms with van der Waals surface area (Å²) in [5.41, 5.74) is 1.00. The van der Waals surface area contributed by atoms with E-state index in [-0.39, 0.29) is 24.4 Å². The van der Waals surface area contributed by atoms with Crippen molar-refractivity contribution < 1.29 is 14.3 Å². The highest BCUT2D eigenvalue weighted by atomic mass is 19.1. The molecule has 2 aliphatic carbocycles. The molecule has 2 saturated carbocycles. The van der Waals surface area contributed by atoms with Gasteiger partial charge in [-0.15, -0.1) is 0 Å². The number of carbonyl (C=O) groups is 1. The second kappa shape index (κ2) is 9.47. The Labute approximate surface area is 155 Å². The van der Waals surface area contributed by atoms with Gasteiger partial charge in [0, 0.05) is 12.6 Å². The first-order valence-electron chi connectivity index (χ1n) is 10.1. The summed E-state index contributed by atoms with van der Waals surface area (Å²) >= 11 is 0. The average molecular weight is 362 g/mol. The minimum atomic E-state index is -0.242. The summed E-state index contributed by atoms with van der Waals surface area (Å²) in [4.78, 5) is 15.0. The van der Waals surface area contributed by atoms with Gasteiger partial charge in [-0.1, -0.05) is 25.0 Å². The molecule has 1 aromatic carbocycles. The lowest BCUT2D eigenvalue weighted by molar-refractivity contribution is -0.123. The van der Waals surface area contributed by atoms with E-state index in [0.717, 1.165) is 50.6 Å². The molecule has 0 heterocycles. The molecule has 1 unspecified atom stereocenters. The first-order valence-corrected chi connectivity index (χ1v) is 10.1. The van der Waals surface area contributed by atoms with Gasteiger partial charge < -0.3 is 10.4 Å². The second-order valence-electron chi connectivity index (χ2n) is 7.77. The fourth-order valence-electron chi connectivity index (χ4n) is 4.09. The topological polar surface area (TPSA) is 52.6 Å². The summed E-state index contributed by atoms with van der Waals surface area (Å²) in [5.74, 6) is 0.254. The van der Waals surface area contributed by atoms with Gasteiger partial charge in [-0.3, -0.25) is 9.69 Å². The van der Waals surface area contributed by atoms with Gasteiger partial charge in [0.25, 0.3) is 0 Å². The Balaban J connectivity index is 1.61. The number of benzene rings is 1. The van der Waals surface area contributed by atoms with E-state index in [1.54, 1.807) is 12.1 Å². The van der Waals surface area contributed by atoms with Gasteiger partial charge in [-0.25, -0.2) is 4.39 Å². The molecule has 4 nitrogen and oxygen atoms in total. The van der Waals surface area contributed by atoms with Crippen molar-refractivity contribution in [3.8, 4) is 0 Å². The van der Waals surface area contributed by atoms with Crippen LogP contribution in [0.15, 0.2) is 24.3 Å². The Morgan fingerprint density at radius 2 is 1.85 bits per heavy atom. The molecule has 1 amide bonds. The SMILES string of the molecule is O=C(CN(CCCCO)C1CC1)NC(c1ccc(F)cc1)C1CCCC1. The zero-order chi connectivity index (χ0) is 18.4. The number of carbonyl (C=O) groups excluding carboxylic acids is 1. The largest absolute Gasteiger partial charge is 0.396 e. The standard InChI is InChI=1S/C21H31FN2O2/c22-18-9-7-17(8-10-18)21(16-5-1-2-6-16)23-20(26)15-24(19-11-12-19)13-3-4-14-25/h7-10,16,19,21,25H,1-6,11-15H2,(H,23,26). The predicted octanol–water partition coefficient (Wildman–Crippen LogP) is 3.41. The van der Waals surface area contributed by atoms with Crippen molar-refractivity contribution in [1.82, 2.24) is 10.2 Å². The lowest BCUT2D eigenvalue weighted by Crippen LogP contribution is -2.42. The molecule has 2 N–H and O–H groups in total. The molecular formula is C21H31FN2O2. The van der Waals surface area contributed by atoms with Gasteiger partial charge in [-0.05, 0) is 68.7 Å². The molecular weight excluding hydrogens is 331 g/mol. The van der Waals surface area contributed by atoms with Crippen LogP contribution in [-0.2, 0) is 4.79 Å². The summed E-state index contributed by atoms with van der Waals surface area (Å²) < 4.78 is 13.3. The Morgan fingerprint density at radius 3 is 2.46 bits per heavy atom. The summed E-state index contributed by atoms with van der Waals surface area (Å²) in [7, 11) is 0. The number of nitrogens with zero attached hydrogens (tertiary/aromatic N) is 1. The Bertz CT molecular complexity index is 568. The maximum Gasteiger partial charge on any atom is 0.234 e. The minimum Gasteiger partial charge on any atom is -0.396 e. The quantitative estimate of drug-likeness (QED) is 0.627. The molecule has 0 bridgehead atoms. The van der Waals surface area contributed by atoms with E-state index in [1.807, 2.05) is 0 Å². The summed E-state index contributed by atoms with van der Waals surface area (Å²) in [6.07, 6.45) is 8.67. The van der Waals surface area contributed by atoms with E-state index in [0.29, 0.717) is 18.5 Å². The van der Waals surface area contributed by atoms with Gasteiger partial charge in [0.15, 0.2) is 0 Å². The van der Waals surface area contributed by atoms with Gasteiger partial charge in [0.1, 0.15) is 5.82 Å². The molecule has 0 spiro atoms. The molecule has 26 heavy (non-hydrogen) atoms. The number of rotatable bonds is 10. The molecule has 1 atom stereocenters. The van der Waals surface area contributed by atoms with E-state index >= 15 is 0 Å². The highest BCUT2D eigenvalue weighted by molar-refractivity contribution is 5.78. The number of amides is 1. The number of halogens is 1. The van der Waals surface area contributed by atoms with Crippen molar-refractivity contribution in [3.05, 3.63) is 35.6 Å². The smallest absolute Gasteiger partial charge is 0.234 e. The molecule has 3 rings (SSSR count). The number of hydrogen-bond acceptors (Lipinski definition) is 3. The van der Waals surface area contributed by atoms with Crippen LogP contribution in [-0.4, -0.2) is 41.7 Å². The first-order chi connectivity index (χ1) is 12.7. The van der Waals surface area contributed by atoms with E-state index in [9.17, 15) is 9.18 Å². The zero-order valence-electron chi connectivity index (χ0n) is 15.5. The number of nitrogens with one attached hydrogen (secondary N) is 1. The number of aliphatic hydroxyl groups is 1. The third-order valence-electron chi connectivity index (χ3n) is 5.68. The van der Waals surface area contributed by atoms with Crippen molar-refractivity contribution in [2.24, 2.45) is 5.92 Å². The van der Waals surface area contributed by atoms with E-state index in [2.05, 4.69) is 10.2 Å². The van der Waals surface area contributed by atoms with Crippen molar-refractivity contribution in [1.29, 1.82) is 0 Å². The van der Waals surface area contributed by atoms with Crippen molar-refractivity contribution in [3.63, 3.8) is 0 Å². The summed E-state index contributed by atoms with van der Waals surface area (Å²) in [5, 5.41) is 12.2. The van der Waals surface area contributed by atoms with Crippen LogP contribution in [0.4, 0.5) is 4.39 Å². The molecule has 0 aliphatic heterocycles. The normalized spacial score (nSPS) is 19.0. The molecule has 0 radical (unpaired) electrons. The van der Waals surface area contributed by atoms with Crippen LogP contribution < -0.4 is 5.32 Å². The number of hydrogen-bond donors (Lipinski definition) is 2. The van der Waals surface area contributed by atoms with Crippen LogP contribution in [0.1, 0.15) is 63.0 Å². The van der Waals surface area contributed by atoms with Crippen molar-refractivity contribution in [2.75, 3.05) is 19.7 Å². The van der Waals surface area contributed by atoms with Crippen LogP contribution in [0.5, 0.6) is 0 Å². The first kappa shape index (κ1) is 19.3. The maximum absolute atomic E-state index is 13.3. The lowest BCUT2D eigenvalue weighted by atomic mass is 9.91.